The van der Waals surface area contributed by atoms with E-state index in [1.54, 1.807) is 18.2 Å². The second-order valence-electron chi connectivity index (χ2n) is 5.75. The van der Waals surface area contributed by atoms with Gasteiger partial charge in [-0.2, -0.15) is 0 Å². The average Bonchev–Trinajstić information content (AvgIpc) is 2.45. The van der Waals surface area contributed by atoms with E-state index in [1.807, 2.05) is 19.0 Å². The molecule has 2 rings (SSSR count). The second kappa shape index (κ2) is 7.31. The Morgan fingerprint density at radius 2 is 2.09 bits per heavy atom. The predicted molar refractivity (Wildman–Crippen MR) is 84.9 cm³/mol. The number of aliphatic hydroxyl groups excluding tert-OH is 1. The lowest BCUT2D eigenvalue weighted by atomic mass is 9.83. The van der Waals surface area contributed by atoms with Gasteiger partial charge in [0.25, 0.3) is 0 Å². The fourth-order valence-corrected chi connectivity index (χ4v) is 2.50. The SMILES string of the molecule is CN(C)CCN=CC1=C(O)CC(c2ccccc2F)CC1=O. The minimum atomic E-state index is -0.337. The molecule has 0 aliphatic heterocycles. The number of carbonyl (C=O) groups excluding carboxylic acids is 1. The Bertz CT molecular complexity index is 608. The number of aliphatic imine (C=N–C) groups is 1. The summed E-state index contributed by atoms with van der Waals surface area (Å²) >= 11 is 0. The lowest BCUT2D eigenvalue weighted by Gasteiger charge is -2.22. The van der Waals surface area contributed by atoms with Crippen LogP contribution in [0.25, 0.3) is 0 Å². The molecule has 1 aliphatic rings. The van der Waals surface area contributed by atoms with Gasteiger partial charge < -0.3 is 10.0 Å². The molecule has 118 valence electrons. The first-order chi connectivity index (χ1) is 10.5. The van der Waals surface area contributed by atoms with E-state index >= 15 is 0 Å². The Labute approximate surface area is 130 Å². The van der Waals surface area contributed by atoms with Crippen molar-refractivity contribution >= 4 is 12.0 Å². The molecule has 0 radical (unpaired) electrons. The number of rotatable bonds is 5. The topological polar surface area (TPSA) is 52.9 Å². The number of hydrogen-bond donors (Lipinski definition) is 1. The van der Waals surface area contributed by atoms with Gasteiger partial charge >= 0.3 is 0 Å². The number of Topliss-reactive ketones (excluding diaryl/α,β-unsaturated/α-hetero) is 1. The zero-order chi connectivity index (χ0) is 16.1. The molecule has 1 aromatic carbocycles. The highest BCUT2D eigenvalue weighted by atomic mass is 19.1. The third-order valence-corrected chi connectivity index (χ3v) is 3.72. The minimum Gasteiger partial charge on any atom is -0.511 e. The van der Waals surface area contributed by atoms with Gasteiger partial charge in [-0.1, -0.05) is 18.2 Å². The molecule has 0 aromatic heterocycles. The molecule has 4 nitrogen and oxygen atoms in total. The smallest absolute Gasteiger partial charge is 0.168 e. The van der Waals surface area contributed by atoms with E-state index in [4.69, 9.17) is 0 Å². The lowest BCUT2D eigenvalue weighted by molar-refractivity contribution is -0.116. The summed E-state index contributed by atoms with van der Waals surface area (Å²) in [5.41, 5.74) is 0.734. The zero-order valence-electron chi connectivity index (χ0n) is 12.9. The molecule has 1 unspecified atom stereocenters. The molecule has 1 aliphatic carbocycles. The van der Waals surface area contributed by atoms with Crippen molar-refractivity contribution in [1.29, 1.82) is 0 Å². The summed E-state index contributed by atoms with van der Waals surface area (Å²) in [6.07, 6.45) is 1.90. The van der Waals surface area contributed by atoms with Crippen LogP contribution in [0.3, 0.4) is 0 Å². The molecule has 1 aromatic rings. The van der Waals surface area contributed by atoms with Gasteiger partial charge in [-0.25, -0.2) is 4.39 Å². The van der Waals surface area contributed by atoms with Gasteiger partial charge in [0, 0.05) is 31.5 Å². The molecule has 5 heteroatoms. The van der Waals surface area contributed by atoms with Crippen molar-refractivity contribution < 1.29 is 14.3 Å². The van der Waals surface area contributed by atoms with E-state index in [2.05, 4.69) is 4.99 Å². The summed E-state index contributed by atoms with van der Waals surface area (Å²) in [5.74, 6) is -0.840. The van der Waals surface area contributed by atoms with Gasteiger partial charge in [-0.3, -0.25) is 9.79 Å². The van der Waals surface area contributed by atoms with E-state index in [9.17, 15) is 14.3 Å². The predicted octanol–water partition coefficient (Wildman–Crippen LogP) is 2.72. The number of hydrogen-bond acceptors (Lipinski definition) is 4. The van der Waals surface area contributed by atoms with Crippen LogP contribution in [0, 0.1) is 5.82 Å². The van der Waals surface area contributed by atoms with Crippen LogP contribution in [0.5, 0.6) is 0 Å². The molecule has 0 heterocycles. The summed E-state index contributed by atoms with van der Waals surface area (Å²) < 4.78 is 13.8. The molecule has 0 fully saturated rings. The maximum atomic E-state index is 13.8. The summed E-state index contributed by atoms with van der Waals surface area (Å²) in [4.78, 5) is 18.3. The highest BCUT2D eigenvalue weighted by Crippen LogP contribution is 2.34. The van der Waals surface area contributed by atoms with Gasteiger partial charge in [-0.05, 0) is 25.7 Å². The first-order valence-electron chi connectivity index (χ1n) is 7.33. The molecule has 22 heavy (non-hydrogen) atoms. The minimum absolute atomic E-state index is 0.00175. The molecule has 0 saturated heterocycles. The number of ketones is 1. The van der Waals surface area contributed by atoms with Crippen molar-refractivity contribution in [3.8, 4) is 0 Å². The Kier molecular flexibility index (Phi) is 5.44. The molecule has 0 saturated carbocycles. The van der Waals surface area contributed by atoms with Crippen LogP contribution < -0.4 is 0 Å². The number of aliphatic hydroxyl groups is 1. The van der Waals surface area contributed by atoms with E-state index < -0.39 is 0 Å². The molecular weight excluding hydrogens is 283 g/mol. The summed E-state index contributed by atoms with van der Waals surface area (Å²) in [5, 5.41) is 10.1. The van der Waals surface area contributed by atoms with Gasteiger partial charge in [0.15, 0.2) is 5.78 Å². The maximum absolute atomic E-state index is 13.8. The number of nitrogens with zero attached hydrogens (tertiary/aromatic N) is 2. The number of allylic oxidation sites excluding steroid dienone is 2. The van der Waals surface area contributed by atoms with Crippen LogP contribution in [0.4, 0.5) is 4.39 Å². The van der Waals surface area contributed by atoms with Crippen molar-refractivity contribution in [3.05, 3.63) is 47.0 Å². The second-order valence-corrected chi connectivity index (χ2v) is 5.75. The van der Waals surface area contributed by atoms with Crippen LogP contribution in [-0.4, -0.2) is 49.2 Å². The van der Waals surface area contributed by atoms with Crippen molar-refractivity contribution in [1.82, 2.24) is 4.90 Å². The quantitative estimate of drug-likeness (QED) is 0.851. The van der Waals surface area contributed by atoms with Gasteiger partial charge in [-0.15, -0.1) is 0 Å². The Hall–Kier alpha value is -2.01. The summed E-state index contributed by atoms with van der Waals surface area (Å²) in [7, 11) is 3.88. The fourth-order valence-electron chi connectivity index (χ4n) is 2.50. The standard InChI is InChI=1S/C17H21FN2O2/c1-20(2)8-7-19-11-14-16(21)9-12(10-17(14)22)13-5-3-4-6-15(13)18/h3-6,11-12,21H,7-10H2,1-2H3. The Morgan fingerprint density at radius 1 is 1.36 bits per heavy atom. The first kappa shape index (κ1) is 16.4. The van der Waals surface area contributed by atoms with E-state index in [-0.39, 0.29) is 41.7 Å². The normalized spacial score (nSPS) is 19.5. The number of carbonyl (C=O) groups is 1. The Morgan fingerprint density at radius 3 is 2.73 bits per heavy atom. The molecule has 0 amide bonds. The zero-order valence-corrected chi connectivity index (χ0v) is 12.9. The van der Waals surface area contributed by atoms with Crippen molar-refractivity contribution in [3.63, 3.8) is 0 Å². The van der Waals surface area contributed by atoms with E-state index in [0.29, 0.717) is 12.1 Å². The first-order valence-corrected chi connectivity index (χ1v) is 7.33. The number of halogens is 1. The molecule has 1 atom stereocenters. The van der Waals surface area contributed by atoms with Gasteiger partial charge in [0.2, 0.25) is 0 Å². The molecule has 0 bridgehead atoms. The van der Waals surface area contributed by atoms with E-state index in [0.717, 1.165) is 6.54 Å². The summed E-state index contributed by atoms with van der Waals surface area (Å²) in [6, 6.07) is 6.39. The van der Waals surface area contributed by atoms with Crippen LogP contribution >= 0.6 is 0 Å². The van der Waals surface area contributed by atoms with Gasteiger partial charge in [0.05, 0.1) is 12.1 Å². The van der Waals surface area contributed by atoms with Crippen LogP contribution in [0.15, 0.2) is 40.6 Å². The maximum Gasteiger partial charge on any atom is 0.168 e. The molecule has 1 N–H and O–H groups in total. The fraction of sp³-hybridized carbons (Fsp3) is 0.412. The molecule has 0 spiro atoms. The summed E-state index contributed by atoms with van der Waals surface area (Å²) in [6.45, 7) is 1.34. The molecular formula is C17H21FN2O2. The largest absolute Gasteiger partial charge is 0.511 e. The van der Waals surface area contributed by atoms with Crippen LogP contribution in [-0.2, 0) is 4.79 Å². The third-order valence-electron chi connectivity index (χ3n) is 3.72. The highest BCUT2D eigenvalue weighted by Gasteiger charge is 2.29. The van der Waals surface area contributed by atoms with Crippen molar-refractivity contribution in [2.75, 3.05) is 27.2 Å². The highest BCUT2D eigenvalue weighted by molar-refractivity contribution is 6.14. The number of likely N-dealkylation sites (N-methyl/N-ethyl adjacent to an activating group) is 1. The Balaban J connectivity index is 2.11. The van der Waals surface area contributed by atoms with Gasteiger partial charge in [0.1, 0.15) is 11.6 Å². The van der Waals surface area contributed by atoms with Crippen molar-refractivity contribution in [2.45, 2.75) is 18.8 Å². The average molecular weight is 304 g/mol. The van der Waals surface area contributed by atoms with Crippen LogP contribution in [0.2, 0.25) is 0 Å². The lowest BCUT2D eigenvalue weighted by Crippen LogP contribution is -2.20. The third kappa shape index (κ3) is 4.01. The number of benzene rings is 1. The monoisotopic (exact) mass is 304 g/mol. The van der Waals surface area contributed by atoms with E-state index in [1.165, 1.54) is 12.3 Å². The van der Waals surface area contributed by atoms with Crippen LogP contribution in [0.1, 0.15) is 24.3 Å². The van der Waals surface area contributed by atoms with Crippen molar-refractivity contribution in [2.24, 2.45) is 4.99 Å².